The van der Waals surface area contributed by atoms with E-state index in [0.717, 1.165) is 0 Å². The Labute approximate surface area is 328 Å². The van der Waals surface area contributed by atoms with E-state index in [4.69, 9.17) is 28.4 Å². The molecular formula is C38H73BN2O14. The van der Waals surface area contributed by atoms with Crippen molar-refractivity contribution in [1.82, 2.24) is 9.80 Å². The van der Waals surface area contributed by atoms with E-state index in [1.54, 1.807) is 60.4 Å². The average molecular weight is 793 g/mol. The Morgan fingerprint density at radius 2 is 1.58 bits per heavy atom. The van der Waals surface area contributed by atoms with E-state index >= 15 is 0 Å². The van der Waals surface area contributed by atoms with Crippen LogP contribution in [-0.4, -0.2) is 183 Å². The number of methoxy groups -OCH3 is 1. The molecular weight excluding hydrogens is 719 g/mol. The van der Waals surface area contributed by atoms with Crippen LogP contribution < -0.4 is 0 Å². The third kappa shape index (κ3) is 11.4. The second-order valence-electron chi connectivity index (χ2n) is 17.6. The van der Waals surface area contributed by atoms with Crippen LogP contribution in [0.1, 0.15) is 94.9 Å². The lowest BCUT2D eigenvalue weighted by Crippen LogP contribution is -2.61. The fraction of sp³-hybridized carbons (Fsp3) is 0.974. The summed E-state index contributed by atoms with van der Waals surface area (Å²) in [6.07, 6.45) is -9.61. The molecule has 18 atom stereocenters. The standard InChI is InChI=1S/C38H73BN2O14/c1-14-27-38(10,47)31(43)24(6)40(11)18-20(2)16-36(8,46)33(55-35-29(42)26(15-21(3)51-35)41(12)19-39(48)49)22(4)30(23(5)34(45)53-27)54-28-17-37(9,50-13)32(44)25(7)52-28/h20-33,35,42-44,46-49H,14-19H2,1-13H3/t20-,21-,22+,23-,24-,25+,26+,27-,28+,29-,30+,31-,32+,33-,35+,36-,37-,38-/m1/s1. The number of likely N-dealkylation sites (N-methyl/N-ethyl adjacent to an activating group) is 2. The molecule has 0 aromatic carbocycles. The van der Waals surface area contributed by atoms with Crippen molar-refractivity contribution in [3.8, 4) is 0 Å². The molecule has 3 aliphatic rings. The molecule has 3 rings (SSSR count). The predicted octanol–water partition coefficient (Wildman–Crippen LogP) is 0.283. The largest absolute Gasteiger partial charge is 0.466 e. The van der Waals surface area contributed by atoms with Crippen molar-refractivity contribution >= 4 is 13.1 Å². The lowest BCUT2D eigenvalue weighted by Gasteiger charge is -2.49. The van der Waals surface area contributed by atoms with Gasteiger partial charge in [-0.3, -0.25) is 4.79 Å². The second kappa shape index (κ2) is 19.4. The highest BCUT2D eigenvalue weighted by molar-refractivity contribution is 6.41. The van der Waals surface area contributed by atoms with E-state index in [9.17, 15) is 40.4 Å². The molecule has 55 heavy (non-hydrogen) atoms. The molecule has 3 saturated heterocycles. The number of carbonyl (C=O) groups is 1. The predicted molar refractivity (Wildman–Crippen MR) is 203 cm³/mol. The second-order valence-corrected chi connectivity index (χ2v) is 17.6. The van der Waals surface area contributed by atoms with Gasteiger partial charge in [-0.2, -0.15) is 0 Å². The molecule has 16 nitrogen and oxygen atoms in total. The molecule has 0 saturated carbocycles. The van der Waals surface area contributed by atoms with Gasteiger partial charge >= 0.3 is 13.1 Å². The van der Waals surface area contributed by atoms with Gasteiger partial charge in [-0.25, -0.2) is 0 Å². The number of aliphatic hydroxyl groups is 5. The van der Waals surface area contributed by atoms with Gasteiger partial charge in [-0.05, 0) is 87.7 Å². The molecule has 0 aromatic rings. The molecule has 0 spiro atoms. The maximum atomic E-state index is 14.2. The van der Waals surface area contributed by atoms with Crippen LogP contribution >= 0.6 is 0 Å². The minimum Gasteiger partial charge on any atom is -0.459 e. The minimum absolute atomic E-state index is 0.0916. The number of rotatable bonds is 9. The number of cyclic esters (lactones) is 1. The fourth-order valence-electron chi connectivity index (χ4n) is 9.05. The molecule has 7 N–H and O–H groups in total. The third-order valence-electron chi connectivity index (χ3n) is 12.6. The number of hydrogen-bond acceptors (Lipinski definition) is 16. The maximum Gasteiger partial charge on any atom is 0.466 e. The first-order valence-corrected chi connectivity index (χ1v) is 19.9. The fourth-order valence-corrected chi connectivity index (χ4v) is 9.05. The zero-order valence-electron chi connectivity index (χ0n) is 35.4. The first kappa shape index (κ1) is 48.3. The summed E-state index contributed by atoms with van der Waals surface area (Å²) >= 11 is 0. The van der Waals surface area contributed by atoms with E-state index in [-0.39, 0.29) is 31.6 Å². The third-order valence-corrected chi connectivity index (χ3v) is 12.6. The van der Waals surface area contributed by atoms with Crippen molar-refractivity contribution < 1.29 is 68.8 Å². The van der Waals surface area contributed by atoms with E-state index in [1.807, 2.05) is 25.8 Å². The van der Waals surface area contributed by atoms with E-state index in [0.29, 0.717) is 13.0 Å². The van der Waals surface area contributed by atoms with Gasteiger partial charge in [-0.1, -0.05) is 20.8 Å². The van der Waals surface area contributed by atoms with Crippen LogP contribution in [0.4, 0.5) is 0 Å². The van der Waals surface area contributed by atoms with Crippen LogP contribution in [0.25, 0.3) is 0 Å². The molecule has 322 valence electrons. The average Bonchev–Trinajstić information content (AvgIpc) is 3.09. The lowest BCUT2D eigenvalue weighted by molar-refractivity contribution is -0.318. The summed E-state index contributed by atoms with van der Waals surface area (Å²) in [6.45, 7) is 17.6. The van der Waals surface area contributed by atoms with Crippen LogP contribution in [0.3, 0.4) is 0 Å². The van der Waals surface area contributed by atoms with Gasteiger partial charge in [0.05, 0.1) is 41.5 Å². The van der Waals surface area contributed by atoms with Gasteiger partial charge in [0, 0.05) is 44.5 Å². The summed E-state index contributed by atoms with van der Waals surface area (Å²) in [5.74, 6) is -2.83. The van der Waals surface area contributed by atoms with Crippen molar-refractivity contribution in [2.45, 2.75) is 185 Å². The number of carbonyl (C=O) groups excluding carboxylic acids is 1. The Bertz CT molecular complexity index is 1220. The van der Waals surface area contributed by atoms with Gasteiger partial charge in [0.25, 0.3) is 0 Å². The topological polar surface area (TPSA) is 221 Å². The molecule has 3 aliphatic heterocycles. The van der Waals surface area contributed by atoms with E-state index in [1.165, 1.54) is 14.0 Å². The molecule has 3 heterocycles. The SMILES string of the molecule is CC[C@H]1OC(=O)[C@H](C)[C@@H](O[C@H]2C[C@@](C)(OC)[C@@H](O)[C@H](C)O2)[C@H](C)[C@@H](O[C@@H]2O[C@H](C)C[C@H](N(C)CB(O)O)[C@H]2O)[C@](C)(O)C[C@@H](C)CN(C)[C@H](C)[C@@H](O)[C@]1(C)O. The number of hydrogen-bond donors (Lipinski definition) is 7. The Kier molecular flexibility index (Phi) is 17.0. The summed E-state index contributed by atoms with van der Waals surface area (Å²) in [6, 6.07) is -1.16. The molecule has 0 aliphatic carbocycles. The van der Waals surface area contributed by atoms with Crippen molar-refractivity contribution in [1.29, 1.82) is 0 Å². The normalized spacial score (nSPS) is 47.5. The molecule has 0 bridgehead atoms. The van der Waals surface area contributed by atoms with Crippen LogP contribution in [0, 0.1) is 17.8 Å². The van der Waals surface area contributed by atoms with E-state index < -0.39 is 115 Å². The van der Waals surface area contributed by atoms with Gasteiger partial charge in [-0.15, -0.1) is 0 Å². The molecule has 0 radical (unpaired) electrons. The summed E-state index contributed by atoms with van der Waals surface area (Å²) in [5, 5.41) is 77.8. The molecule has 17 heteroatoms. The molecule has 0 aromatic heterocycles. The first-order valence-electron chi connectivity index (χ1n) is 19.9. The number of esters is 1. The molecule has 0 unspecified atom stereocenters. The number of ether oxygens (including phenoxy) is 6. The monoisotopic (exact) mass is 793 g/mol. The summed E-state index contributed by atoms with van der Waals surface area (Å²) in [4.78, 5) is 17.8. The van der Waals surface area contributed by atoms with Gasteiger partial charge < -0.3 is 73.8 Å². The quantitative estimate of drug-likeness (QED) is 0.123. The Balaban J connectivity index is 2.18. The summed E-state index contributed by atoms with van der Waals surface area (Å²) in [7, 11) is 3.32. The smallest absolute Gasteiger partial charge is 0.459 e. The zero-order chi connectivity index (χ0) is 42.0. The van der Waals surface area contributed by atoms with Crippen LogP contribution in [0.5, 0.6) is 0 Å². The van der Waals surface area contributed by atoms with Crippen LogP contribution in [0.15, 0.2) is 0 Å². The first-order chi connectivity index (χ1) is 25.3. The summed E-state index contributed by atoms with van der Waals surface area (Å²) < 4.78 is 37.5. The highest BCUT2D eigenvalue weighted by Gasteiger charge is 2.53. The van der Waals surface area contributed by atoms with Crippen molar-refractivity contribution in [3.63, 3.8) is 0 Å². The molecule has 0 amide bonds. The molecule has 3 fully saturated rings. The van der Waals surface area contributed by atoms with Crippen LogP contribution in [-0.2, 0) is 33.2 Å². The van der Waals surface area contributed by atoms with Crippen LogP contribution in [0.2, 0.25) is 0 Å². The Morgan fingerprint density at radius 3 is 2.15 bits per heavy atom. The Morgan fingerprint density at radius 1 is 0.964 bits per heavy atom. The summed E-state index contributed by atoms with van der Waals surface area (Å²) in [5.41, 5.74) is -4.54. The Hall–Kier alpha value is -1.03. The highest BCUT2D eigenvalue weighted by atomic mass is 16.7. The zero-order valence-corrected chi connectivity index (χ0v) is 35.4. The van der Waals surface area contributed by atoms with Crippen molar-refractivity contribution in [2.75, 3.05) is 34.2 Å². The number of aliphatic hydroxyl groups excluding tert-OH is 3. The maximum absolute atomic E-state index is 14.2. The lowest BCUT2D eigenvalue weighted by atomic mass is 9.77. The van der Waals surface area contributed by atoms with Crippen molar-refractivity contribution in [2.24, 2.45) is 17.8 Å². The van der Waals surface area contributed by atoms with Gasteiger partial charge in [0.1, 0.15) is 30.0 Å². The van der Waals surface area contributed by atoms with Gasteiger partial charge in [0.15, 0.2) is 12.6 Å². The highest BCUT2D eigenvalue weighted by Crippen LogP contribution is 2.40. The number of nitrogens with zero attached hydrogens (tertiary/aromatic N) is 2. The van der Waals surface area contributed by atoms with Crippen molar-refractivity contribution in [3.05, 3.63) is 0 Å². The minimum atomic E-state index is -1.83. The van der Waals surface area contributed by atoms with Gasteiger partial charge in [0.2, 0.25) is 0 Å². The van der Waals surface area contributed by atoms with E-state index in [2.05, 4.69) is 0 Å².